The van der Waals surface area contributed by atoms with Crippen molar-refractivity contribution < 1.29 is 18.3 Å². The number of pyridine rings is 2. The van der Waals surface area contributed by atoms with Crippen molar-refractivity contribution in [2.24, 2.45) is 13.0 Å². The Morgan fingerprint density at radius 1 is 1.14 bits per heavy atom. The smallest absolute Gasteiger partial charge is 0.378 e. The van der Waals surface area contributed by atoms with E-state index in [1.165, 1.54) is 10.7 Å². The molecule has 0 aromatic carbocycles. The van der Waals surface area contributed by atoms with Crippen LogP contribution in [0.4, 0.5) is 13.2 Å². The Kier molecular flexibility index (Phi) is 3.74. The largest absolute Gasteiger partial charge is 0.433 e. The number of rotatable bonds is 4. The highest BCUT2D eigenvalue weighted by molar-refractivity contribution is 5.82. The van der Waals surface area contributed by atoms with Crippen molar-refractivity contribution in [3.05, 3.63) is 57.9 Å². The molecule has 152 valence electrons. The third-order valence-corrected chi connectivity index (χ3v) is 5.89. The van der Waals surface area contributed by atoms with Crippen molar-refractivity contribution in [3.8, 4) is 0 Å². The van der Waals surface area contributed by atoms with E-state index >= 15 is 0 Å². The van der Waals surface area contributed by atoms with E-state index in [9.17, 15) is 23.1 Å². The SMILES string of the molecule is Cn1nc2c(=O)n(C3CC3)ccc2c1C(O)(c1ccc(C(F)(F)F)nc1)C1CC1. The van der Waals surface area contributed by atoms with Gasteiger partial charge in [0.05, 0.1) is 5.69 Å². The lowest BCUT2D eigenvalue weighted by Gasteiger charge is -2.29. The Balaban J connectivity index is 1.69. The molecule has 2 aliphatic carbocycles. The van der Waals surface area contributed by atoms with E-state index in [2.05, 4.69) is 10.1 Å². The lowest BCUT2D eigenvalue weighted by molar-refractivity contribution is -0.141. The van der Waals surface area contributed by atoms with Crippen molar-refractivity contribution in [1.29, 1.82) is 0 Å². The van der Waals surface area contributed by atoms with Crippen LogP contribution in [-0.2, 0) is 18.8 Å². The van der Waals surface area contributed by atoms with Crippen LogP contribution in [0.1, 0.15) is 48.7 Å². The van der Waals surface area contributed by atoms with Gasteiger partial charge in [0.1, 0.15) is 11.3 Å². The molecule has 3 aromatic heterocycles. The van der Waals surface area contributed by atoms with E-state index in [-0.39, 0.29) is 28.6 Å². The zero-order valence-electron chi connectivity index (χ0n) is 15.6. The first-order valence-corrected chi connectivity index (χ1v) is 9.55. The maximum atomic E-state index is 12.9. The topological polar surface area (TPSA) is 72.9 Å². The van der Waals surface area contributed by atoms with Crippen LogP contribution < -0.4 is 5.56 Å². The second-order valence-electron chi connectivity index (χ2n) is 7.96. The van der Waals surface area contributed by atoms with Crippen LogP contribution in [0.3, 0.4) is 0 Å². The van der Waals surface area contributed by atoms with Gasteiger partial charge in [-0.05, 0) is 43.7 Å². The van der Waals surface area contributed by atoms with Crippen LogP contribution >= 0.6 is 0 Å². The van der Waals surface area contributed by atoms with Gasteiger partial charge in [-0.2, -0.15) is 18.3 Å². The van der Waals surface area contributed by atoms with Gasteiger partial charge >= 0.3 is 6.18 Å². The molecule has 2 aliphatic rings. The summed E-state index contributed by atoms with van der Waals surface area (Å²) in [4.78, 5) is 16.4. The number of fused-ring (bicyclic) bond motifs is 1. The van der Waals surface area contributed by atoms with Crippen molar-refractivity contribution in [2.45, 2.75) is 43.5 Å². The lowest BCUT2D eigenvalue weighted by Crippen LogP contribution is -2.33. The summed E-state index contributed by atoms with van der Waals surface area (Å²) in [5, 5.41) is 16.6. The molecular formula is C20H19F3N4O2. The van der Waals surface area contributed by atoms with Crippen molar-refractivity contribution in [2.75, 3.05) is 0 Å². The maximum absolute atomic E-state index is 12.9. The number of aliphatic hydroxyl groups is 1. The molecule has 0 radical (unpaired) electrons. The predicted octanol–water partition coefficient (Wildman–Crippen LogP) is 3.13. The number of halogens is 3. The Bertz CT molecular complexity index is 1160. The molecule has 2 saturated carbocycles. The molecule has 1 unspecified atom stereocenters. The molecule has 2 fully saturated rings. The quantitative estimate of drug-likeness (QED) is 0.725. The maximum Gasteiger partial charge on any atom is 0.433 e. The highest BCUT2D eigenvalue weighted by Gasteiger charge is 2.50. The van der Waals surface area contributed by atoms with Gasteiger partial charge in [0.15, 0.2) is 5.52 Å². The van der Waals surface area contributed by atoms with Gasteiger partial charge < -0.3 is 9.67 Å². The summed E-state index contributed by atoms with van der Waals surface area (Å²) >= 11 is 0. The molecule has 9 heteroatoms. The standard InChI is InChI=1S/C20H19F3N4O2/c1-26-17(14-8-9-27(13-5-6-13)18(28)16(14)25-26)19(29,11-2-3-11)12-4-7-15(24-10-12)20(21,22)23/h4,7-11,13,29H,2-3,5-6H2,1H3. The Hall–Kier alpha value is -2.68. The fraction of sp³-hybridized carbons (Fsp3) is 0.450. The minimum Gasteiger partial charge on any atom is -0.378 e. The lowest BCUT2D eigenvalue weighted by atomic mass is 9.85. The molecule has 3 aromatic rings. The Morgan fingerprint density at radius 2 is 1.86 bits per heavy atom. The van der Waals surface area contributed by atoms with Gasteiger partial charge in [-0.25, -0.2) is 0 Å². The fourth-order valence-electron chi connectivity index (χ4n) is 4.15. The average Bonchev–Trinajstić information content (AvgIpc) is 3.57. The Labute approximate surface area is 163 Å². The summed E-state index contributed by atoms with van der Waals surface area (Å²) in [6, 6.07) is 4.10. The molecule has 0 amide bonds. The van der Waals surface area contributed by atoms with Crippen LogP contribution in [0.5, 0.6) is 0 Å². The molecule has 1 atom stereocenters. The predicted molar refractivity (Wildman–Crippen MR) is 98.2 cm³/mol. The minimum atomic E-state index is -4.55. The summed E-state index contributed by atoms with van der Waals surface area (Å²) in [6.45, 7) is 0. The molecule has 29 heavy (non-hydrogen) atoms. The van der Waals surface area contributed by atoms with Crippen LogP contribution in [0.2, 0.25) is 0 Å². The second kappa shape index (κ2) is 5.91. The summed E-state index contributed by atoms with van der Waals surface area (Å²) in [5.74, 6) is -0.175. The van der Waals surface area contributed by atoms with Crippen LogP contribution in [0.25, 0.3) is 10.9 Å². The summed E-state index contributed by atoms with van der Waals surface area (Å²) in [7, 11) is 1.64. The van der Waals surface area contributed by atoms with Gasteiger partial charge in [0.2, 0.25) is 0 Å². The van der Waals surface area contributed by atoms with E-state index in [0.717, 1.165) is 37.9 Å². The first-order valence-electron chi connectivity index (χ1n) is 9.55. The second-order valence-corrected chi connectivity index (χ2v) is 7.96. The number of aryl methyl sites for hydroxylation is 1. The number of nitrogens with zero attached hydrogens (tertiary/aromatic N) is 4. The van der Waals surface area contributed by atoms with Gasteiger partial charge in [-0.1, -0.05) is 6.07 Å². The van der Waals surface area contributed by atoms with E-state index in [4.69, 9.17) is 0 Å². The van der Waals surface area contributed by atoms with E-state index in [1.54, 1.807) is 23.9 Å². The first-order chi connectivity index (χ1) is 13.7. The number of alkyl halides is 3. The highest BCUT2D eigenvalue weighted by atomic mass is 19.4. The number of hydrogen-bond acceptors (Lipinski definition) is 4. The zero-order chi connectivity index (χ0) is 20.6. The summed E-state index contributed by atoms with van der Waals surface area (Å²) in [6.07, 6.45) is 1.59. The van der Waals surface area contributed by atoms with Crippen molar-refractivity contribution in [3.63, 3.8) is 0 Å². The summed E-state index contributed by atoms with van der Waals surface area (Å²) < 4.78 is 41.9. The summed E-state index contributed by atoms with van der Waals surface area (Å²) in [5.41, 5.74) is -1.85. The molecule has 1 N–H and O–H groups in total. The fourth-order valence-corrected chi connectivity index (χ4v) is 4.15. The normalized spacial score (nSPS) is 19.5. The van der Waals surface area contributed by atoms with Gasteiger partial charge in [0.25, 0.3) is 5.56 Å². The first kappa shape index (κ1) is 18.4. The van der Waals surface area contributed by atoms with Gasteiger partial charge in [-0.3, -0.25) is 14.5 Å². The molecular weight excluding hydrogens is 385 g/mol. The third kappa shape index (κ3) is 2.78. The third-order valence-electron chi connectivity index (χ3n) is 5.89. The van der Waals surface area contributed by atoms with Crippen LogP contribution in [-0.4, -0.2) is 24.4 Å². The molecule has 0 aliphatic heterocycles. The number of hydrogen-bond donors (Lipinski definition) is 1. The van der Waals surface area contributed by atoms with E-state index < -0.39 is 17.5 Å². The molecule has 0 saturated heterocycles. The molecule has 3 heterocycles. The van der Waals surface area contributed by atoms with Crippen molar-refractivity contribution >= 4 is 10.9 Å². The highest BCUT2D eigenvalue weighted by Crippen LogP contribution is 2.51. The number of aromatic nitrogens is 4. The van der Waals surface area contributed by atoms with Crippen molar-refractivity contribution in [1.82, 2.24) is 19.3 Å². The molecule has 6 nitrogen and oxygen atoms in total. The van der Waals surface area contributed by atoms with E-state index in [0.29, 0.717) is 11.1 Å². The molecule has 5 rings (SSSR count). The van der Waals surface area contributed by atoms with Crippen LogP contribution in [0, 0.1) is 5.92 Å². The monoisotopic (exact) mass is 404 g/mol. The van der Waals surface area contributed by atoms with Gasteiger partial charge in [-0.15, -0.1) is 0 Å². The molecule has 0 bridgehead atoms. The van der Waals surface area contributed by atoms with Crippen LogP contribution in [0.15, 0.2) is 35.4 Å². The Morgan fingerprint density at radius 3 is 2.41 bits per heavy atom. The zero-order valence-corrected chi connectivity index (χ0v) is 15.6. The average molecular weight is 404 g/mol. The van der Waals surface area contributed by atoms with E-state index in [1.807, 2.05) is 0 Å². The minimum absolute atomic E-state index is 0.175. The molecule has 0 spiro atoms. The van der Waals surface area contributed by atoms with Gasteiger partial charge in [0, 0.05) is 36.4 Å².